The van der Waals surface area contributed by atoms with E-state index >= 15 is 0 Å². The maximum Gasteiger partial charge on any atom is 0.256 e. The van der Waals surface area contributed by atoms with Gasteiger partial charge in [0.15, 0.2) is 0 Å². The van der Waals surface area contributed by atoms with E-state index in [9.17, 15) is 9.59 Å². The van der Waals surface area contributed by atoms with Gasteiger partial charge in [-0.15, -0.1) is 0 Å². The van der Waals surface area contributed by atoms with E-state index in [0.717, 1.165) is 14.7 Å². The van der Waals surface area contributed by atoms with Gasteiger partial charge < -0.3 is 10.2 Å². The summed E-state index contributed by atoms with van der Waals surface area (Å²) in [7, 11) is 0. The zero-order chi connectivity index (χ0) is 20.4. The van der Waals surface area contributed by atoms with Gasteiger partial charge in [-0.2, -0.15) is 0 Å². The Bertz CT molecular complexity index is 1050. The fourth-order valence-electron chi connectivity index (χ4n) is 3.52. The molecule has 6 heteroatoms. The molecule has 146 valence electrons. The van der Waals surface area contributed by atoms with Crippen molar-refractivity contribution in [3.8, 4) is 0 Å². The van der Waals surface area contributed by atoms with Crippen LogP contribution in [0.4, 0.5) is 5.69 Å². The molecule has 0 saturated carbocycles. The number of hydrogen-bond acceptors (Lipinski definition) is 2. The molecular formula is C23H18ClIN2O2. The summed E-state index contributed by atoms with van der Waals surface area (Å²) in [5.74, 6) is -0.388. The zero-order valence-electron chi connectivity index (χ0n) is 15.4. The van der Waals surface area contributed by atoms with Crippen LogP contribution in [0.3, 0.4) is 0 Å². The minimum atomic E-state index is -0.728. The molecule has 0 aliphatic carbocycles. The van der Waals surface area contributed by atoms with E-state index in [2.05, 4.69) is 27.9 Å². The SMILES string of the molecule is O=C1Nc2ccc(I)cc2C(=O)N(CCc2ccccc2)C1c1ccc(Cl)cc1. The number of carbonyl (C=O) groups is 2. The summed E-state index contributed by atoms with van der Waals surface area (Å²) in [5, 5.41) is 3.52. The molecule has 4 rings (SSSR count). The molecule has 1 unspecified atom stereocenters. The van der Waals surface area contributed by atoms with Crippen LogP contribution in [0.2, 0.25) is 5.02 Å². The highest BCUT2D eigenvalue weighted by Crippen LogP contribution is 2.32. The van der Waals surface area contributed by atoms with Crippen molar-refractivity contribution in [2.75, 3.05) is 11.9 Å². The van der Waals surface area contributed by atoms with Gasteiger partial charge in [0.1, 0.15) is 6.04 Å². The monoisotopic (exact) mass is 516 g/mol. The van der Waals surface area contributed by atoms with Gasteiger partial charge in [-0.1, -0.05) is 54.1 Å². The third kappa shape index (κ3) is 4.31. The number of anilines is 1. The highest BCUT2D eigenvalue weighted by atomic mass is 127. The number of nitrogens with zero attached hydrogens (tertiary/aromatic N) is 1. The summed E-state index contributed by atoms with van der Waals surface area (Å²) in [6.07, 6.45) is 0.656. The van der Waals surface area contributed by atoms with Gasteiger partial charge in [0, 0.05) is 15.1 Å². The molecule has 0 radical (unpaired) electrons. The first-order valence-corrected chi connectivity index (χ1v) is 10.7. The lowest BCUT2D eigenvalue weighted by atomic mass is 10.0. The Hall–Kier alpha value is -2.38. The number of fused-ring (bicyclic) bond motifs is 1. The first-order chi connectivity index (χ1) is 14.0. The van der Waals surface area contributed by atoms with E-state index in [-0.39, 0.29) is 11.8 Å². The predicted molar refractivity (Wildman–Crippen MR) is 123 cm³/mol. The molecule has 1 N–H and O–H groups in total. The van der Waals surface area contributed by atoms with E-state index in [1.807, 2.05) is 42.5 Å². The molecule has 1 heterocycles. The first-order valence-electron chi connectivity index (χ1n) is 9.24. The lowest BCUT2D eigenvalue weighted by molar-refractivity contribution is -0.120. The van der Waals surface area contributed by atoms with Crippen LogP contribution in [-0.2, 0) is 11.2 Å². The molecule has 1 atom stereocenters. The number of carbonyl (C=O) groups excluding carboxylic acids is 2. The maximum atomic E-state index is 13.5. The van der Waals surface area contributed by atoms with Crippen LogP contribution in [0.1, 0.15) is 27.5 Å². The summed E-state index contributed by atoms with van der Waals surface area (Å²) < 4.78 is 0.942. The molecule has 29 heavy (non-hydrogen) atoms. The van der Waals surface area contributed by atoms with E-state index in [1.165, 1.54) is 0 Å². The van der Waals surface area contributed by atoms with Crippen LogP contribution in [-0.4, -0.2) is 23.3 Å². The summed E-state index contributed by atoms with van der Waals surface area (Å²) in [6.45, 7) is 0.425. The molecule has 3 aromatic carbocycles. The zero-order valence-corrected chi connectivity index (χ0v) is 18.4. The average Bonchev–Trinajstić information content (AvgIpc) is 2.82. The summed E-state index contributed by atoms with van der Waals surface area (Å²) in [5.41, 5.74) is 2.90. The number of hydrogen-bond donors (Lipinski definition) is 1. The van der Waals surface area contributed by atoms with E-state index in [4.69, 9.17) is 11.6 Å². The minimum Gasteiger partial charge on any atom is -0.323 e. The normalized spacial score (nSPS) is 16.2. The number of amides is 2. The topological polar surface area (TPSA) is 49.4 Å². The first kappa shape index (κ1) is 19.9. The van der Waals surface area contributed by atoms with E-state index in [0.29, 0.717) is 29.2 Å². The van der Waals surface area contributed by atoms with Crippen LogP contribution in [0.5, 0.6) is 0 Å². The van der Waals surface area contributed by atoms with E-state index < -0.39 is 6.04 Å². The Balaban J connectivity index is 1.75. The van der Waals surface area contributed by atoms with Crippen molar-refractivity contribution in [3.05, 3.63) is 98.1 Å². The van der Waals surface area contributed by atoms with Crippen LogP contribution >= 0.6 is 34.2 Å². The van der Waals surface area contributed by atoms with E-state index in [1.54, 1.807) is 35.2 Å². The molecule has 0 spiro atoms. The maximum absolute atomic E-state index is 13.5. The van der Waals surface area contributed by atoms with Gasteiger partial charge in [-0.05, 0) is 70.5 Å². The van der Waals surface area contributed by atoms with Crippen molar-refractivity contribution in [1.29, 1.82) is 0 Å². The Kier molecular flexibility index (Phi) is 5.87. The average molecular weight is 517 g/mol. The van der Waals surface area contributed by atoms with Crippen molar-refractivity contribution in [1.82, 2.24) is 4.90 Å². The quantitative estimate of drug-likeness (QED) is 0.477. The number of rotatable bonds is 4. The van der Waals surface area contributed by atoms with Crippen molar-refractivity contribution >= 4 is 51.7 Å². The molecule has 1 aliphatic rings. The summed E-state index contributed by atoms with van der Waals surface area (Å²) in [4.78, 5) is 28.3. The molecule has 1 aliphatic heterocycles. The number of benzene rings is 3. The molecule has 2 amide bonds. The van der Waals surface area contributed by atoms with Gasteiger partial charge in [0.2, 0.25) is 0 Å². The molecule has 0 aromatic heterocycles. The molecule has 0 bridgehead atoms. The smallest absolute Gasteiger partial charge is 0.256 e. The number of halogens is 2. The van der Waals surface area contributed by atoms with Crippen LogP contribution in [0.25, 0.3) is 0 Å². The molecule has 4 nitrogen and oxygen atoms in total. The predicted octanol–water partition coefficient (Wildman–Crippen LogP) is 5.32. The molecule has 0 saturated heterocycles. The molecule has 3 aromatic rings. The highest BCUT2D eigenvalue weighted by molar-refractivity contribution is 14.1. The standard InChI is InChI=1S/C23H18ClIN2O2/c24-17-8-6-16(7-9-17)21-22(28)26-20-11-10-18(25)14-19(20)23(29)27(21)13-12-15-4-2-1-3-5-15/h1-11,14,21H,12-13H2,(H,26,28). The van der Waals surface area contributed by atoms with Gasteiger partial charge in [0.25, 0.3) is 11.8 Å². The second-order valence-corrected chi connectivity index (χ2v) is 8.55. The second kappa shape index (κ2) is 8.55. The van der Waals surface area contributed by atoms with Crippen molar-refractivity contribution < 1.29 is 9.59 Å². The second-order valence-electron chi connectivity index (χ2n) is 6.87. The van der Waals surface area contributed by atoms with Gasteiger partial charge in [-0.25, -0.2) is 0 Å². The van der Waals surface area contributed by atoms with Gasteiger partial charge >= 0.3 is 0 Å². The van der Waals surface area contributed by atoms with Crippen molar-refractivity contribution in [2.45, 2.75) is 12.5 Å². The van der Waals surface area contributed by atoms with Crippen LogP contribution < -0.4 is 5.32 Å². The Labute approximate surface area is 188 Å². The van der Waals surface area contributed by atoms with Crippen molar-refractivity contribution in [3.63, 3.8) is 0 Å². The Morgan fingerprint density at radius 3 is 2.41 bits per heavy atom. The van der Waals surface area contributed by atoms with Gasteiger partial charge in [0.05, 0.1) is 11.3 Å². The third-order valence-corrected chi connectivity index (χ3v) is 5.88. The van der Waals surface area contributed by atoms with Crippen LogP contribution in [0.15, 0.2) is 72.8 Å². The minimum absolute atomic E-state index is 0.159. The third-order valence-electron chi connectivity index (χ3n) is 4.96. The summed E-state index contributed by atoms with van der Waals surface area (Å²) >= 11 is 8.21. The number of nitrogens with one attached hydrogen (secondary N) is 1. The summed E-state index contributed by atoms with van der Waals surface area (Å²) in [6, 6.07) is 21.8. The highest BCUT2D eigenvalue weighted by Gasteiger charge is 2.36. The molecular weight excluding hydrogens is 499 g/mol. The Morgan fingerprint density at radius 2 is 1.69 bits per heavy atom. The lowest BCUT2D eigenvalue weighted by Gasteiger charge is -2.29. The van der Waals surface area contributed by atoms with Crippen molar-refractivity contribution in [2.24, 2.45) is 0 Å². The lowest BCUT2D eigenvalue weighted by Crippen LogP contribution is -2.40. The Morgan fingerprint density at radius 1 is 0.966 bits per heavy atom. The largest absolute Gasteiger partial charge is 0.323 e. The van der Waals surface area contributed by atoms with Gasteiger partial charge in [-0.3, -0.25) is 9.59 Å². The van der Waals surface area contributed by atoms with Crippen LogP contribution in [0, 0.1) is 3.57 Å². The fraction of sp³-hybridized carbons (Fsp3) is 0.130. The molecule has 0 fully saturated rings. The fourth-order valence-corrected chi connectivity index (χ4v) is 4.14.